The van der Waals surface area contributed by atoms with E-state index in [1.54, 1.807) is 25.2 Å². The third-order valence-corrected chi connectivity index (χ3v) is 7.52. The number of hydrogen-bond donors (Lipinski definition) is 1. The normalized spacial score (nSPS) is 12.1. The number of fused-ring (bicyclic) bond motifs is 1. The molecule has 10 heteroatoms. The summed E-state index contributed by atoms with van der Waals surface area (Å²) in [4.78, 5) is 20.6. The summed E-state index contributed by atoms with van der Waals surface area (Å²) in [5, 5.41) is 4.46. The quantitative estimate of drug-likeness (QED) is 0.413. The number of hydrogen-bond acceptors (Lipinski definition) is 6. The third kappa shape index (κ3) is 5.17. The van der Waals surface area contributed by atoms with Gasteiger partial charge in [0.1, 0.15) is 17.1 Å². The number of nitrogens with zero attached hydrogens (tertiary/aromatic N) is 4. The van der Waals surface area contributed by atoms with Crippen molar-refractivity contribution in [1.82, 2.24) is 24.1 Å². The molecule has 0 amide bonds. The number of aromatic nitrogens is 4. The highest BCUT2D eigenvalue weighted by Crippen LogP contribution is 2.32. The van der Waals surface area contributed by atoms with Gasteiger partial charge in [0.15, 0.2) is 5.52 Å². The van der Waals surface area contributed by atoms with Crippen LogP contribution in [0.5, 0.6) is 5.75 Å². The molecular formula is C24H35N5O4S. The predicted octanol–water partition coefficient (Wildman–Crippen LogP) is 3.88. The Labute approximate surface area is 201 Å². The Morgan fingerprint density at radius 3 is 2.50 bits per heavy atom. The predicted molar refractivity (Wildman–Crippen MR) is 134 cm³/mol. The van der Waals surface area contributed by atoms with Crippen molar-refractivity contribution in [2.45, 2.75) is 64.7 Å². The Kier molecular flexibility index (Phi) is 8.48. The van der Waals surface area contributed by atoms with E-state index in [0.717, 1.165) is 31.4 Å². The summed E-state index contributed by atoms with van der Waals surface area (Å²) in [7, 11) is -2.00. The molecule has 2 heterocycles. The largest absolute Gasteiger partial charge is 0.493 e. The highest BCUT2D eigenvalue weighted by Gasteiger charge is 2.26. The van der Waals surface area contributed by atoms with Crippen LogP contribution in [-0.2, 0) is 23.5 Å². The first kappa shape index (κ1) is 25.9. The molecule has 2 aromatic heterocycles. The van der Waals surface area contributed by atoms with Crippen LogP contribution in [0.4, 0.5) is 0 Å². The zero-order chi connectivity index (χ0) is 24.9. The maximum Gasteiger partial charge on any atom is 0.277 e. The third-order valence-electron chi connectivity index (χ3n) is 5.63. The van der Waals surface area contributed by atoms with Crippen LogP contribution in [0.1, 0.15) is 59.1 Å². The fourth-order valence-electron chi connectivity index (χ4n) is 4.00. The van der Waals surface area contributed by atoms with E-state index < -0.39 is 10.0 Å². The molecule has 0 aliphatic carbocycles. The van der Waals surface area contributed by atoms with E-state index in [4.69, 9.17) is 9.72 Å². The lowest BCUT2D eigenvalue weighted by molar-refractivity contribution is 0.341. The van der Waals surface area contributed by atoms with Crippen LogP contribution < -0.4 is 10.3 Å². The molecule has 3 aromatic rings. The minimum atomic E-state index is -3.72. The summed E-state index contributed by atoms with van der Waals surface area (Å²) in [6.07, 6.45) is 3.96. The monoisotopic (exact) mass is 489 g/mol. The molecular weight excluding hydrogens is 454 g/mol. The molecule has 0 unspecified atom stereocenters. The maximum atomic E-state index is 13.5. The van der Waals surface area contributed by atoms with E-state index in [1.165, 1.54) is 8.99 Å². The van der Waals surface area contributed by atoms with Crippen LogP contribution in [0.2, 0.25) is 0 Å². The molecule has 0 atom stereocenters. The van der Waals surface area contributed by atoms with Gasteiger partial charge in [-0.15, -0.1) is 0 Å². The van der Waals surface area contributed by atoms with E-state index in [9.17, 15) is 13.2 Å². The van der Waals surface area contributed by atoms with Gasteiger partial charge in [0.25, 0.3) is 5.56 Å². The standard InChI is InChI=1S/C24H35N5O4S/c1-6-10-15-29(14-8-3)34(31,32)17-12-13-20(33-9-4)18(16-17)23-25-21-19(11-7-2)27-28(5)22(21)24(30)26-23/h12-13,16H,6-11,14-15H2,1-5H3,(H,25,26,30). The van der Waals surface area contributed by atoms with Crippen LogP contribution in [0.25, 0.3) is 22.4 Å². The lowest BCUT2D eigenvalue weighted by Crippen LogP contribution is -2.32. The van der Waals surface area contributed by atoms with E-state index in [0.29, 0.717) is 48.5 Å². The second-order valence-corrected chi connectivity index (χ2v) is 10.2. The first-order valence-electron chi connectivity index (χ1n) is 12.0. The van der Waals surface area contributed by atoms with Crippen molar-refractivity contribution in [3.63, 3.8) is 0 Å². The molecule has 0 aliphatic heterocycles. The molecule has 0 spiro atoms. The Bertz CT molecular complexity index is 1300. The SMILES string of the molecule is CCCCN(CCC)S(=O)(=O)c1ccc(OCC)c(-c2nc3c(CCC)nn(C)c3c(=O)[nH]2)c1. The van der Waals surface area contributed by atoms with Gasteiger partial charge in [-0.3, -0.25) is 9.48 Å². The average Bonchev–Trinajstić information content (AvgIpc) is 3.12. The number of benzene rings is 1. The van der Waals surface area contributed by atoms with Crippen LogP contribution in [0.15, 0.2) is 27.9 Å². The number of unbranched alkanes of at least 4 members (excludes halogenated alkanes) is 1. The van der Waals surface area contributed by atoms with Gasteiger partial charge in [0.05, 0.1) is 22.8 Å². The van der Waals surface area contributed by atoms with Crippen molar-refractivity contribution in [1.29, 1.82) is 0 Å². The van der Waals surface area contributed by atoms with Gasteiger partial charge < -0.3 is 9.72 Å². The Hall–Kier alpha value is -2.72. The molecule has 9 nitrogen and oxygen atoms in total. The topological polar surface area (TPSA) is 110 Å². The molecule has 0 bridgehead atoms. The number of aryl methyl sites for hydroxylation is 2. The second-order valence-electron chi connectivity index (χ2n) is 8.28. The summed E-state index contributed by atoms with van der Waals surface area (Å²) in [5.41, 5.74) is 1.75. The molecule has 34 heavy (non-hydrogen) atoms. The zero-order valence-corrected chi connectivity index (χ0v) is 21.5. The molecule has 0 saturated carbocycles. The lowest BCUT2D eigenvalue weighted by atomic mass is 10.1. The second kappa shape index (κ2) is 11.1. The minimum Gasteiger partial charge on any atom is -0.493 e. The van der Waals surface area contributed by atoms with Gasteiger partial charge in [0.2, 0.25) is 10.0 Å². The number of nitrogens with one attached hydrogen (secondary N) is 1. The van der Waals surface area contributed by atoms with E-state index in [1.807, 2.05) is 27.7 Å². The number of H-pyrrole nitrogens is 1. The summed E-state index contributed by atoms with van der Waals surface area (Å²) in [6.45, 7) is 9.18. The highest BCUT2D eigenvalue weighted by molar-refractivity contribution is 7.89. The highest BCUT2D eigenvalue weighted by atomic mass is 32.2. The Balaban J connectivity index is 2.20. The van der Waals surface area contributed by atoms with Crippen molar-refractivity contribution in [3.8, 4) is 17.1 Å². The first-order chi connectivity index (χ1) is 16.3. The van der Waals surface area contributed by atoms with Gasteiger partial charge in [-0.25, -0.2) is 13.4 Å². The van der Waals surface area contributed by atoms with Gasteiger partial charge in [-0.1, -0.05) is 33.6 Å². The molecule has 0 radical (unpaired) electrons. The Morgan fingerprint density at radius 2 is 1.85 bits per heavy atom. The van der Waals surface area contributed by atoms with Crippen LogP contribution in [-0.4, -0.2) is 52.2 Å². The molecule has 3 rings (SSSR count). The lowest BCUT2D eigenvalue weighted by Gasteiger charge is -2.22. The van der Waals surface area contributed by atoms with Crippen molar-refractivity contribution in [2.75, 3.05) is 19.7 Å². The van der Waals surface area contributed by atoms with Crippen molar-refractivity contribution < 1.29 is 13.2 Å². The number of sulfonamides is 1. The summed E-state index contributed by atoms with van der Waals surface area (Å²) < 4.78 is 35.8. The van der Waals surface area contributed by atoms with E-state index in [-0.39, 0.29) is 16.3 Å². The van der Waals surface area contributed by atoms with Crippen molar-refractivity contribution in [3.05, 3.63) is 34.2 Å². The Morgan fingerprint density at radius 1 is 1.09 bits per heavy atom. The maximum absolute atomic E-state index is 13.5. The number of aromatic amines is 1. The molecule has 0 fully saturated rings. The van der Waals surface area contributed by atoms with Gasteiger partial charge in [-0.05, 0) is 44.4 Å². The fraction of sp³-hybridized carbons (Fsp3) is 0.542. The molecule has 1 aromatic carbocycles. The van der Waals surface area contributed by atoms with Crippen LogP contribution >= 0.6 is 0 Å². The first-order valence-corrected chi connectivity index (χ1v) is 13.5. The summed E-state index contributed by atoms with van der Waals surface area (Å²) in [5.74, 6) is 0.722. The molecule has 186 valence electrons. The van der Waals surface area contributed by atoms with Crippen molar-refractivity contribution >= 4 is 21.1 Å². The minimum absolute atomic E-state index is 0.151. The van der Waals surface area contributed by atoms with Gasteiger partial charge in [-0.2, -0.15) is 9.40 Å². The van der Waals surface area contributed by atoms with Crippen LogP contribution in [0, 0.1) is 0 Å². The molecule has 0 saturated heterocycles. The number of rotatable bonds is 12. The summed E-state index contributed by atoms with van der Waals surface area (Å²) in [6, 6.07) is 4.74. The fourth-order valence-corrected chi connectivity index (χ4v) is 5.60. The van der Waals surface area contributed by atoms with E-state index >= 15 is 0 Å². The average molecular weight is 490 g/mol. The number of ether oxygens (including phenoxy) is 1. The van der Waals surface area contributed by atoms with Gasteiger partial charge >= 0.3 is 0 Å². The van der Waals surface area contributed by atoms with Gasteiger partial charge in [0, 0.05) is 20.1 Å². The molecule has 0 aliphatic rings. The molecule has 1 N–H and O–H groups in total. The smallest absolute Gasteiger partial charge is 0.277 e. The zero-order valence-electron chi connectivity index (χ0n) is 20.7. The van der Waals surface area contributed by atoms with Crippen molar-refractivity contribution in [2.24, 2.45) is 7.05 Å². The van der Waals surface area contributed by atoms with Crippen LogP contribution in [0.3, 0.4) is 0 Å². The summed E-state index contributed by atoms with van der Waals surface area (Å²) >= 11 is 0. The van der Waals surface area contributed by atoms with E-state index in [2.05, 4.69) is 10.1 Å².